The van der Waals surface area contributed by atoms with E-state index in [-0.39, 0.29) is 12.1 Å². The zero-order chi connectivity index (χ0) is 14.7. The molecule has 3 atom stereocenters. The van der Waals surface area contributed by atoms with Gasteiger partial charge in [-0.2, -0.15) is 0 Å². The summed E-state index contributed by atoms with van der Waals surface area (Å²) < 4.78 is 5.84. The zero-order valence-electron chi connectivity index (χ0n) is 12.9. The third-order valence-corrected chi connectivity index (χ3v) is 4.60. The molecule has 116 valence electrons. The minimum atomic E-state index is -0.687. The summed E-state index contributed by atoms with van der Waals surface area (Å²) in [5, 5.41) is 9.40. The van der Waals surface area contributed by atoms with Crippen molar-refractivity contribution in [3.63, 3.8) is 0 Å². The molecule has 2 heterocycles. The number of carboxylic acid groups (broad SMARTS) is 1. The van der Waals surface area contributed by atoms with Crippen molar-refractivity contribution in [1.82, 2.24) is 9.80 Å². The molecule has 0 spiro atoms. The highest BCUT2D eigenvalue weighted by atomic mass is 16.5. The van der Waals surface area contributed by atoms with Crippen molar-refractivity contribution < 1.29 is 14.6 Å². The molecule has 1 N–H and O–H groups in total. The Morgan fingerprint density at radius 3 is 2.80 bits per heavy atom. The van der Waals surface area contributed by atoms with Crippen molar-refractivity contribution in [3.8, 4) is 0 Å². The van der Waals surface area contributed by atoms with Gasteiger partial charge >= 0.3 is 5.97 Å². The van der Waals surface area contributed by atoms with Crippen LogP contribution in [0.5, 0.6) is 0 Å². The maximum Gasteiger partial charge on any atom is 0.320 e. The van der Waals surface area contributed by atoms with Gasteiger partial charge in [0.15, 0.2) is 0 Å². The summed E-state index contributed by atoms with van der Waals surface area (Å²) >= 11 is 0. The van der Waals surface area contributed by atoms with Crippen molar-refractivity contribution >= 4 is 5.97 Å². The largest absolute Gasteiger partial charge is 0.480 e. The molecule has 0 aromatic rings. The highest BCUT2D eigenvalue weighted by Crippen LogP contribution is 2.23. The topological polar surface area (TPSA) is 53.0 Å². The summed E-state index contributed by atoms with van der Waals surface area (Å²) in [6.07, 6.45) is 1.99. The Labute approximate surface area is 121 Å². The molecule has 2 rings (SSSR count). The number of ether oxygens (including phenoxy) is 1. The summed E-state index contributed by atoms with van der Waals surface area (Å²) in [5.41, 5.74) is 0. The number of carbonyl (C=O) groups is 1. The number of nitrogens with zero attached hydrogens (tertiary/aromatic N) is 2. The molecule has 20 heavy (non-hydrogen) atoms. The Bertz CT molecular complexity index is 335. The summed E-state index contributed by atoms with van der Waals surface area (Å²) in [5.74, 6) is -0.181. The van der Waals surface area contributed by atoms with Gasteiger partial charge in [0.1, 0.15) is 6.04 Å². The second-order valence-electron chi connectivity index (χ2n) is 6.56. The number of rotatable bonds is 4. The molecule has 0 aromatic heterocycles. The Balaban J connectivity index is 1.92. The van der Waals surface area contributed by atoms with Crippen molar-refractivity contribution in [2.75, 3.05) is 32.8 Å². The van der Waals surface area contributed by atoms with E-state index in [2.05, 4.69) is 30.6 Å². The first-order chi connectivity index (χ1) is 9.47. The minimum Gasteiger partial charge on any atom is -0.480 e. The van der Waals surface area contributed by atoms with Crippen molar-refractivity contribution in [3.05, 3.63) is 0 Å². The fourth-order valence-corrected chi connectivity index (χ4v) is 3.25. The second kappa shape index (κ2) is 6.87. The summed E-state index contributed by atoms with van der Waals surface area (Å²) in [7, 11) is 0. The lowest BCUT2D eigenvalue weighted by molar-refractivity contribution is -0.147. The van der Waals surface area contributed by atoms with Gasteiger partial charge in [-0.25, -0.2) is 0 Å². The van der Waals surface area contributed by atoms with E-state index in [0.29, 0.717) is 12.0 Å². The number of morpholine rings is 1. The molecule has 2 aliphatic heterocycles. The van der Waals surface area contributed by atoms with Crippen LogP contribution in [0.3, 0.4) is 0 Å². The van der Waals surface area contributed by atoms with E-state index in [0.717, 1.165) is 45.6 Å². The second-order valence-corrected chi connectivity index (χ2v) is 6.56. The highest BCUT2D eigenvalue weighted by molar-refractivity contribution is 5.73. The Hall–Kier alpha value is -0.650. The average molecular weight is 284 g/mol. The van der Waals surface area contributed by atoms with Crippen molar-refractivity contribution in [1.29, 1.82) is 0 Å². The van der Waals surface area contributed by atoms with Gasteiger partial charge in [0.2, 0.25) is 0 Å². The Morgan fingerprint density at radius 1 is 1.40 bits per heavy atom. The lowest BCUT2D eigenvalue weighted by atomic mass is 9.92. The van der Waals surface area contributed by atoms with Crippen LogP contribution in [0.4, 0.5) is 0 Å². The van der Waals surface area contributed by atoms with Gasteiger partial charge in [0, 0.05) is 25.7 Å². The first-order valence-corrected chi connectivity index (χ1v) is 7.80. The van der Waals surface area contributed by atoms with Crippen LogP contribution in [0, 0.1) is 5.92 Å². The van der Waals surface area contributed by atoms with Crippen LogP contribution in [-0.4, -0.2) is 71.8 Å². The average Bonchev–Trinajstić information content (AvgIpc) is 2.41. The van der Waals surface area contributed by atoms with Gasteiger partial charge in [0.25, 0.3) is 0 Å². The molecule has 0 radical (unpaired) electrons. The molecule has 2 fully saturated rings. The molecule has 0 aliphatic carbocycles. The van der Waals surface area contributed by atoms with Crippen LogP contribution in [0.15, 0.2) is 0 Å². The molecule has 0 saturated carbocycles. The summed E-state index contributed by atoms with van der Waals surface area (Å²) in [6, 6.07) is 0.190. The van der Waals surface area contributed by atoms with E-state index in [9.17, 15) is 9.90 Å². The molecular weight excluding hydrogens is 256 g/mol. The summed E-state index contributed by atoms with van der Waals surface area (Å²) in [6.45, 7) is 10.8. The van der Waals surface area contributed by atoms with Crippen LogP contribution in [0.1, 0.15) is 33.6 Å². The van der Waals surface area contributed by atoms with Crippen LogP contribution in [0.2, 0.25) is 0 Å². The normalized spacial score (nSPS) is 33.5. The third-order valence-electron chi connectivity index (χ3n) is 4.60. The molecule has 2 saturated heterocycles. The fourth-order valence-electron chi connectivity index (χ4n) is 3.25. The van der Waals surface area contributed by atoms with Gasteiger partial charge in [-0.05, 0) is 39.2 Å². The van der Waals surface area contributed by atoms with E-state index in [1.165, 1.54) is 0 Å². The Morgan fingerprint density at radius 2 is 2.15 bits per heavy atom. The van der Waals surface area contributed by atoms with Crippen LogP contribution in [-0.2, 0) is 9.53 Å². The van der Waals surface area contributed by atoms with Gasteiger partial charge < -0.3 is 9.84 Å². The molecule has 5 heteroatoms. The number of piperidine rings is 1. The maximum absolute atomic E-state index is 11.4. The van der Waals surface area contributed by atoms with Gasteiger partial charge in [-0.1, -0.05) is 6.92 Å². The molecule has 3 unspecified atom stereocenters. The highest BCUT2D eigenvalue weighted by Gasteiger charge is 2.34. The number of hydrogen-bond donors (Lipinski definition) is 1. The van der Waals surface area contributed by atoms with Crippen LogP contribution < -0.4 is 0 Å². The monoisotopic (exact) mass is 284 g/mol. The number of aliphatic carboxylic acids is 1. The SMILES string of the molecule is CC1CCN(CC2CN(C(C)C)CCO2)C(C(=O)O)C1. The molecule has 5 nitrogen and oxygen atoms in total. The van der Waals surface area contributed by atoms with E-state index in [1.807, 2.05) is 0 Å². The molecule has 2 aliphatic rings. The van der Waals surface area contributed by atoms with E-state index >= 15 is 0 Å². The van der Waals surface area contributed by atoms with E-state index in [4.69, 9.17) is 4.74 Å². The number of carboxylic acids is 1. The molecular formula is C15H28N2O3. The van der Waals surface area contributed by atoms with Gasteiger partial charge in [0.05, 0.1) is 12.7 Å². The smallest absolute Gasteiger partial charge is 0.320 e. The third kappa shape index (κ3) is 3.93. The predicted molar refractivity (Wildman–Crippen MR) is 77.8 cm³/mol. The van der Waals surface area contributed by atoms with Crippen molar-refractivity contribution in [2.24, 2.45) is 5.92 Å². The predicted octanol–water partition coefficient (Wildman–Crippen LogP) is 1.28. The summed E-state index contributed by atoms with van der Waals surface area (Å²) in [4.78, 5) is 16.0. The van der Waals surface area contributed by atoms with E-state index in [1.54, 1.807) is 0 Å². The lowest BCUT2D eigenvalue weighted by Crippen LogP contribution is -2.54. The first kappa shape index (κ1) is 15.7. The van der Waals surface area contributed by atoms with Crippen LogP contribution >= 0.6 is 0 Å². The molecule has 0 bridgehead atoms. The zero-order valence-corrected chi connectivity index (χ0v) is 12.9. The Kier molecular flexibility index (Phi) is 5.41. The first-order valence-electron chi connectivity index (χ1n) is 7.80. The number of likely N-dealkylation sites (tertiary alicyclic amines) is 1. The van der Waals surface area contributed by atoms with Crippen LogP contribution in [0.25, 0.3) is 0 Å². The molecule has 0 amide bonds. The van der Waals surface area contributed by atoms with Crippen molar-refractivity contribution in [2.45, 2.75) is 51.8 Å². The lowest BCUT2D eigenvalue weighted by Gasteiger charge is -2.41. The van der Waals surface area contributed by atoms with E-state index < -0.39 is 5.97 Å². The minimum absolute atomic E-state index is 0.140. The standard InChI is InChI=1S/C15H28N2O3/c1-11(2)16-6-7-20-13(9-16)10-17-5-4-12(3)8-14(17)15(18)19/h11-14H,4-10H2,1-3H3,(H,18,19). The van der Waals surface area contributed by atoms with Gasteiger partial charge in [-0.15, -0.1) is 0 Å². The quantitative estimate of drug-likeness (QED) is 0.843. The maximum atomic E-state index is 11.4. The molecule has 0 aromatic carbocycles. The fraction of sp³-hybridized carbons (Fsp3) is 0.933. The van der Waals surface area contributed by atoms with Gasteiger partial charge in [-0.3, -0.25) is 14.6 Å². The number of hydrogen-bond acceptors (Lipinski definition) is 4.